The molecule has 8 heteroatoms. The monoisotopic (exact) mass is 606 g/mol. The Balaban J connectivity index is 0.000000584. The molecule has 6 rings (SSSR count). The van der Waals surface area contributed by atoms with Gasteiger partial charge in [0.1, 0.15) is 0 Å². The second-order valence-corrected chi connectivity index (χ2v) is 9.93. The maximum atomic E-state index is 13.3. The van der Waals surface area contributed by atoms with E-state index < -0.39 is 5.54 Å². The average molecular weight is 607 g/mol. The van der Waals surface area contributed by atoms with Crippen LogP contribution in [0.4, 0.5) is 5.69 Å². The number of aliphatic imine (C=N–C) groups is 1. The maximum Gasteiger partial charge on any atom is 2.00 e. The minimum absolute atomic E-state index is 0. The van der Waals surface area contributed by atoms with Crippen molar-refractivity contribution in [1.29, 1.82) is 0 Å². The Hall–Kier alpha value is -2.60. The maximum absolute atomic E-state index is 13.3. The molecule has 41 heavy (non-hydrogen) atoms. The summed E-state index contributed by atoms with van der Waals surface area (Å²) >= 11 is 6.12. The van der Waals surface area contributed by atoms with E-state index in [0.29, 0.717) is 11.6 Å². The fourth-order valence-electron chi connectivity index (χ4n) is 5.18. The van der Waals surface area contributed by atoms with Crippen molar-refractivity contribution in [2.24, 2.45) is 4.99 Å². The van der Waals surface area contributed by atoms with Gasteiger partial charge in [-0.15, -0.1) is 0 Å². The van der Waals surface area contributed by atoms with E-state index in [0.717, 1.165) is 41.0 Å². The van der Waals surface area contributed by atoms with Crippen LogP contribution in [0.1, 0.15) is 12.0 Å². The van der Waals surface area contributed by atoms with Crippen molar-refractivity contribution in [2.45, 2.75) is 18.0 Å². The molecule has 3 aromatic rings. The smallest absolute Gasteiger partial charge is 0.467 e. The third-order valence-corrected chi connectivity index (χ3v) is 7.26. The fraction of sp³-hybridized carbons (Fsp3) is 0.182. The molecule has 0 spiro atoms. The number of hydrogen-bond donors (Lipinski definition) is 1. The number of pyridine rings is 1. The van der Waals surface area contributed by atoms with E-state index in [9.17, 15) is 4.79 Å². The van der Waals surface area contributed by atoms with Crippen LogP contribution < -0.4 is 5.32 Å². The van der Waals surface area contributed by atoms with E-state index in [1.54, 1.807) is 12.5 Å². The Morgan fingerprint density at radius 3 is 2.39 bits per heavy atom. The number of carbonyl (C=O) groups excluding carboxylic acids is 1. The number of aromatic nitrogens is 1. The molecule has 10 radical (unpaired) electrons. The zero-order valence-electron chi connectivity index (χ0n) is 22.6. The first kappa shape index (κ1) is 31.3. The summed E-state index contributed by atoms with van der Waals surface area (Å²) in [5.41, 5.74) is 1.54. The molecule has 3 aliphatic rings. The number of nitrogens with one attached hydrogen (secondary N) is 1. The minimum atomic E-state index is -1.15. The molecule has 1 N–H and O–H groups in total. The zero-order valence-corrected chi connectivity index (χ0v) is 24.5. The van der Waals surface area contributed by atoms with Crippen LogP contribution in [0.25, 0.3) is 10.9 Å². The number of anilines is 1. The first-order valence-corrected chi connectivity index (χ1v) is 13.6. The largest absolute Gasteiger partial charge is 2.00 e. The molecule has 2 fully saturated rings. The molecule has 1 aromatic heterocycles. The molecular formula is C33H31ClFeN4O2+2. The summed E-state index contributed by atoms with van der Waals surface area (Å²) < 4.78 is 5.29. The van der Waals surface area contributed by atoms with Crippen molar-refractivity contribution in [1.82, 2.24) is 9.88 Å². The quantitative estimate of drug-likeness (QED) is 0.197. The Kier molecular flexibility index (Phi) is 11.5. The topological polar surface area (TPSA) is 66.8 Å². The molecule has 0 bridgehead atoms. The number of carbonyl (C=O) groups is 1. The Morgan fingerprint density at radius 1 is 1.00 bits per heavy atom. The van der Waals surface area contributed by atoms with Gasteiger partial charge < -0.3 is 15.0 Å². The van der Waals surface area contributed by atoms with Crippen LogP contribution >= 0.6 is 11.6 Å². The number of rotatable bonds is 8. The molecule has 1 aliphatic heterocycles. The number of esters is 1. The minimum Gasteiger partial charge on any atom is -0.467 e. The Morgan fingerprint density at radius 2 is 1.71 bits per heavy atom. The SMILES string of the molecule is COC(=O)C1(c2ccccc2)N=CN(CCCNc2ccnc3cc(Cl)ccc23)C1[C]1[CH][CH][CH][CH]1.[CH]1[CH][CH][CH][CH]1.[Fe+2]. The van der Waals surface area contributed by atoms with Crippen molar-refractivity contribution >= 4 is 40.5 Å². The van der Waals surface area contributed by atoms with Gasteiger partial charge >= 0.3 is 23.0 Å². The number of hydrogen-bond acceptors (Lipinski definition) is 6. The van der Waals surface area contributed by atoms with Crippen molar-refractivity contribution in [3.8, 4) is 0 Å². The Bertz CT molecular complexity index is 1290. The van der Waals surface area contributed by atoms with E-state index >= 15 is 0 Å². The number of ether oxygens (including phenoxy) is 1. The summed E-state index contributed by atoms with van der Waals surface area (Å²) in [4.78, 5) is 24.6. The molecular weight excluding hydrogens is 576 g/mol. The van der Waals surface area contributed by atoms with Crippen LogP contribution in [0.5, 0.6) is 0 Å². The van der Waals surface area contributed by atoms with Gasteiger partial charge in [0.15, 0.2) is 0 Å². The first-order chi connectivity index (χ1) is 19.6. The summed E-state index contributed by atoms with van der Waals surface area (Å²) in [5.74, 6) is 0.662. The second kappa shape index (κ2) is 15.0. The standard InChI is InChI=1S/C28H26ClN4O2.C5H5.Fe/c1-35-27(34)28(21-10-3-2-4-11-21)26(20-8-5-6-9-20)33(19-32-28)17-7-15-30-24-14-16-31-25-18-22(29)12-13-23(24)25;1-2-4-5-3-1;/h2-6,8-14,16,18-19,26H,7,15,17H2,1H3,(H,30,31);1-5H;/q;;+2. The second-order valence-electron chi connectivity index (χ2n) is 9.49. The van der Waals surface area contributed by atoms with Crippen molar-refractivity contribution in [3.05, 3.63) is 135 Å². The summed E-state index contributed by atoms with van der Waals surface area (Å²) in [6.07, 6.45) is 22.5. The summed E-state index contributed by atoms with van der Waals surface area (Å²) in [7, 11) is 1.42. The molecule has 0 amide bonds. The van der Waals surface area contributed by atoms with Gasteiger partial charge in [0, 0.05) is 41.3 Å². The van der Waals surface area contributed by atoms with Gasteiger partial charge in [-0.3, -0.25) is 9.98 Å². The van der Waals surface area contributed by atoms with Crippen LogP contribution in [-0.2, 0) is 32.1 Å². The van der Waals surface area contributed by atoms with E-state index in [2.05, 4.69) is 15.2 Å². The first-order valence-electron chi connectivity index (χ1n) is 13.2. The van der Waals surface area contributed by atoms with Crippen LogP contribution in [0.15, 0.2) is 65.8 Å². The number of fused-ring (bicyclic) bond motifs is 1. The number of benzene rings is 2. The average Bonchev–Trinajstić information content (AvgIpc) is 3.79. The van der Waals surface area contributed by atoms with Gasteiger partial charge in [-0.25, -0.2) is 4.79 Å². The Labute approximate surface area is 259 Å². The van der Waals surface area contributed by atoms with E-state index in [1.807, 2.05) is 112 Å². The van der Waals surface area contributed by atoms with Crippen LogP contribution in [-0.4, -0.2) is 48.4 Å². The van der Waals surface area contributed by atoms with Gasteiger partial charge in [-0.2, -0.15) is 0 Å². The zero-order chi connectivity index (χ0) is 27.8. The van der Waals surface area contributed by atoms with Crippen LogP contribution in [0.2, 0.25) is 5.02 Å². The number of methoxy groups -OCH3 is 1. The van der Waals surface area contributed by atoms with Gasteiger partial charge in [-0.1, -0.05) is 41.9 Å². The van der Waals surface area contributed by atoms with E-state index in [4.69, 9.17) is 21.3 Å². The molecule has 208 valence electrons. The van der Waals surface area contributed by atoms with Gasteiger partial charge in [0.05, 0.1) is 25.0 Å². The molecule has 2 saturated carbocycles. The van der Waals surface area contributed by atoms with Crippen molar-refractivity contribution < 1.29 is 26.6 Å². The molecule has 0 saturated heterocycles. The van der Waals surface area contributed by atoms with Crippen LogP contribution in [0, 0.1) is 63.7 Å². The predicted octanol–water partition coefficient (Wildman–Crippen LogP) is 5.90. The number of halogens is 1. The van der Waals surface area contributed by atoms with Gasteiger partial charge in [-0.05, 0) is 94.0 Å². The van der Waals surface area contributed by atoms with Crippen molar-refractivity contribution in [3.63, 3.8) is 0 Å². The molecule has 2 aliphatic carbocycles. The van der Waals surface area contributed by atoms with E-state index in [1.165, 1.54) is 7.11 Å². The number of nitrogens with zero attached hydrogens (tertiary/aromatic N) is 3. The molecule has 6 nitrogen and oxygen atoms in total. The summed E-state index contributed by atoms with van der Waals surface area (Å²) in [5, 5.41) is 5.22. The molecule has 2 atom stereocenters. The van der Waals surface area contributed by atoms with Gasteiger partial charge in [0.25, 0.3) is 0 Å². The third-order valence-electron chi connectivity index (χ3n) is 7.02. The summed E-state index contributed by atoms with van der Waals surface area (Å²) in [6.45, 7) is 1.46. The normalized spacial score (nSPS) is 21.8. The van der Waals surface area contributed by atoms with Gasteiger partial charge in [0.2, 0.25) is 5.54 Å². The predicted molar refractivity (Wildman–Crippen MR) is 161 cm³/mol. The molecule has 2 unspecified atom stereocenters. The van der Waals surface area contributed by atoms with E-state index in [-0.39, 0.29) is 29.1 Å². The third kappa shape index (κ3) is 7.07. The van der Waals surface area contributed by atoms with Crippen molar-refractivity contribution in [2.75, 3.05) is 25.5 Å². The van der Waals surface area contributed by atoms with Crippen LogP contribution in [0.3, 0.4) is 0 Å². The molecule has 2 aromatic carbocycles. The summed E-state index contributed by atoms with van der Waals surface area (Å²) in [6, 6.07) is 17.1. The molecule has 2 heterocycles. The fourth-order valence-corrected chi connectivity index (χ4v) is 5.34.